The highest BCUT2D eigenvalue weighted by Crippen LogP contribution is 2.27. The van der Waals surface area contributed by atoms with E-state index in [9.17, 15) is 9.59 Å². The van der Waals surface area contributed by atoms with Crippen LogP contribution in [0.5, 0.6) is 0 Å². The van der Waals surface area contributed by atoms with Gasteiger partial charge in [0.25, 0.3) is 5.91 Å². The molecule has 2 unspecified atom stereocenters. The first-order chi connectivity index (χ1) is 11.6. The van der Waals surface area contributed by atoms with Crippen molar-refractivity contribution in [1.29, 1.82) is 0 Å². The minimum atomic E-state index is -0.0519. The molecule has 0 aromatic heterocycles. The number of hydrogen-bond donors (Lipinski definition) is 2. The molecule has 2 atom stereocenters. The van der Waals surface area contributed by atoms with Gasteiger partial charge in [-0.25, -0.2) is 0 Å². The van der Waals surface area contributed by atoms with Crippen molar-refractivity contribution in [2.45, 2.75) is 51.5 Å². The zero-order chi connectivity index (χ0) is 17.1. The third-order valence-corrected chi connectivity index (χ3v) is 5.22. The molecule has 1 aliphatic carbocycles. The van der Waals surface area contributed by atoms with Gasteiger partial charge in [0.2, 0.25) is 5.91 Å². The van der Waals surface area contributed by atoms with E-state index in [0.717, 1.165) is 57.2 Å². The van der Waals surface area contributed by atoms with Crippen LogP contribution < -0.4 is 11.1 Å². The fourth-order valence-corrected chi connectivity index (χ4v) is 3.83. The van der Waals surface area contributed by atoms with Crippen molar-refractivity contribution < 1.29 is 9.59 Å². The smallest absolute Gasteiger partial charge is 0.256 e. The summed E-state index contributed by atoms with van der Waals surface area (Å²) in [5.41, 5.74) is 8.18. The highest BCUT2D eigenvalue weighted by Gasteiger charge is 2.28. The predicted octanol–water partition coefficient (Wildman–Crippen LogP) is 2.69. The molecule has 2 fully saturated rings. The number of rotatable bonds is 3. The molecule has 1 heterocycles. The molecule has 1 aromatic rings. The van der Waals surface area contributed by atoms with E-state index in [1.807, 2.05) is 30.0 Å². The van der Waals surface area contributed by atoms with Crippen LogP contribution in [0.1, 0.15) is 54.4 Å². The van der Waals surface area contributed by atoms with E-state index in [0.29, 0.717) is 11.3 Å². The summed E-state index contributed by atoms with van der Waals surface area (Å²) in [7, 11) is 0. The average molecular weight is 329 g/mol. The second-order valence-corrected chi connectivity index (χ2v) is 7.11. The number of amides is 2. The maximum atomic E-state index is 12.9. The number of anilines is 1. The van der Waals surface area contributed by atoms with E-state index >= 15 is 0 Å². The minimum absolute atomic E-state index is 0.00813. The van der Waals surface area contributed by atoms with E-state index in [-0.39, 0.29) is 23.8 Å². The average Bonchev–Trinajstić information content (AvgIpc) is 3.09. The summed E-state index contributed by atoms with van der Waals surface area (Å²) in [5, 5.41) is 3.00. The summed E-state index contributed by atoms with van der Waals surface area (Å²) in [6.45, 7) is 3.53. The molecule has 5 nitrogen and oxygen atoms in total. The van der Waals surface area contributed by atoms with Gasteiger partial charge in [-0.05, 0) is 50.7 Å². The van der Waals surface area contributed by atoms with Crippen molar-refractivity contribution in [3.8, 4) is 0 Å². The van der Waals surface area contributed by atoms with E-state index in [1.165, 1.54) is 0 Å². The lowest BCUT2D eigenvalue weighted by Gasteiger charge is -2.26. The van der Waals surface area contributed by atoms with Gasteiger partial charge in [0, 0.05) is 25.0 Å². The Labute approximate surface area is 143 Å². The Bertz CT molecular complexity index is 623. The topological polar surface area (TPSA) is 75.4 Å². The van der Waals surface area contributed by atoms with Crippen LogP contribution in [0.3, 0.4) is 0 Å². The van der Waals surface area contributed by atoms with Gasteiger partial charge in [0.1, 0.15) is 0 Å². The molecule has 2 aliphatic rings. The Morgan fingerprint density at radius 3 is 2.62 bits per heavy atom. The zero-order valence-corrected chi connectivity index (χ0v) is 14.4. The van der Waals surface area contributed by atoms with Crippen LogP contribution in [0.4, 0.5) is 5.69 Å². The van der Waals surface area contributed by atoms with Crippen molar-refractivity contribution >= 4 is 17.5 Å². The Balaban J connectivity index is 1.79. The molecule has 0 spiro atoms. The van der Waals surface area contributed by atoms with Gasteiger partial charge in [-0.3, -0.25) is 9.59 Å². The standard InChI is InChI=1S/C19H27N3O2/c1-13-6-4-9-16(17(13)19(24)22-10-2-3-11-22)21-18(23)14-7-5-8-15(20)12-14/h4,6,9,14-15H,2-3,5,7-8,10-12,20H2,1H3,(H,21,23). The number of nitrogens with zero attached hydrogens (tertiary/aromatic N) is 1. The molecular weight excluding hydrogens is 302 g/mol. The lowest BCUT2D eigenvalue weighted by atomic mass is 9.85. The van der Waals surface area contributed by atoms with Crippen LogP contribution in [0.25, 0.3) is 0 Å². The second kappa shape index (κ2) is 7.34. The monoisotopic (exact) mass is 329 g/mol. The zero-order valence-electron chi connectivity index (χ0n) is 14.4. The van der Waals surface area contributed by atoms with Crippen LogP contribution in [0.2, 0.25) is 0 Å². The predicted molar refractivity (Wildman–Crippen MR) is 94.9 cm³/mol. The molecule has 5 heteroatoms. The lowest BCUT2D eigenvalue weighted by molar-refractivity contribution is -0.120. The van der Waals surface area contributed by atoms with Gasteiger partial charge in [0.15, 0.2) is 0 Å². The van der Waals surface area contributed by atoms with Gasteiger partial charge in [0.05, 0.1) is 11.3 Å². The van der Waals surface area contributed by atoms with Crippen molar-refractivity contribution in [3.63, 3.8) is 0 Å². The number of nitrogens with one attached hydrogen (secondary N) is 1. The van der Waals surface area contributed by atoms with Gasteiger partial charge in [-0.15, -0.1) is 0 Å². The molecule has 0 radical (unpaired) electrons. The van der Waals surface area contributed by atoms with Crippen molar-refractivity contribution in [2.24, 2.45) is 11.7 Å². The summed E-state index contributed by atoms with van der Waals surface area (Å²) in [6.07, 6.45) is 5.70. The number of carbonyl (C=O) groups excluding carboxylic acids is 2. The van der Waals surface area contributed by atoms with Gasteiger partial charge in [-0.1, -0.05) is 18.6 Å². The summed E-state index contributed by atoms with van der Waals surface area (Å²) < 4.78 is 0. The number of benzene rings is 1. The Morgan fingerprint density at radius 1 is 1.17 bits per heavy atom. The fraction of sp³-hybridized carbons (Fsp3) is 0.579. The minimum Gasteiger partial charge on any atom is -0.339 e. The third-order valence-electron chi connectivity index (χ3n) is 5.22. The molecule has 2 amide bonds. The number of hydrogen-bond acceptors (Lipinski definition) is 3. The van der Waals surface area contributed by atoms with Gasteiger partial charge >= 0.3 is 0 Å². The largest absolute Gasteiger partial charge is 0.339 e. The normalized spacial score (nSPS) is 24.0. The molecule has 130 valence electrons. The van der Waals surface area contributed by atoms with E-state index in [2.05, 4.69) is 5.32 Å². The molecule has 1 aromatic carbocycles. The van der Waals surface area contributed by atoms with Crippen LogP contribution in [0.15, 0.2) is 18.2 Å². The molecule has 3 N–H and O–H groups in total. The van der Waals surface area contributed by atoms with E-state index in [4.69, 9.17) is 5.73 Å². The summed E-state index contributed by atoms with van der Waals surface area (Å²) in [5.74, 6) is -0.0310. The van der Waals surface area contributed by atoms with Crippen molar-refractivity contribution in [3.05, 3.63) is 29.3 Å². The molecule has 3 rings (SSSR count). The maximum absolute atomic E-state index is 12.9. The molecule has 0 bridgehead atoms. The first-order valence-corrected chi connectivity index (χ1v) is 9.01. The number of aryl methyl sites for hydroxylation is 1. The molecule has 1 saturated heterocycles. The van der Waals surface area contributed by atoms with Gasteiger partial charge in [-0.2, -0.15) is 0 Å². The molecule has 1 saturated carbocycles. The summed E-state index contributed by atoms with van der Waals surface area (Å²) in [4.78, 5) is 27.4. The highest BCUT2D eigenvalue weighted by molar-refractivity contribution is 6.05. The van der Waals surface area contributed by atoms with Crippen LogP contribution in [-0.2, 0) is 4.79 Å². The van der Waals surface area contributed by atoms with E-state index < -0.39 is 0 Å². The summed E-state index contributed by atoms with van der Waals surface area (Å²) >= 11 is 0. The van der Waals surface area contributed by atoms with Crippen molar-refractivity contribution in [1.82, 2.24) is 4.90 Å². The molecule has 1 aliphatic heterocycles. The Kier molecular flexibility index (Phi) is 5.19. The first kappa shape index (κ1) is 17.0. The quantitative estimate of drug-likeness (QED) is 0.895. The van der Waals surface area contributed by atoms with E-state index in [1.54, 1.807) is 0 Å². The molecular formula is C19H27N3O2. The van der Waals surface area contributed by atoms with Crippen LogP contribution >= 0.6 is 0 Å². The first-order valence-electron chi connectivity index (χ1n) is 9.01. The Morgan fingerprint density at radius 2 is 1.92 bits per heavy atom. The summed E-state index contributed by atoms with van der Waals surface area (Å²) in [6, 6.07) is 5.75. The maximum Gasteiger partial charge on any atom is 0.256 e. The third kappa shape index (κ3) is 3.61. The van der Waals surface area contributed by atoms with Gasteiger partial charge < -0.3 is 16.0 Å². The van der Waals surface area contributed by atoms with Crippen molar-refractivity contribution in [2.75, 3.05) is 18.4 Å². The second-order valence-electron chi connectivity index (χ2n) is 7.11. The van der Waals surface area contributed by atoms with Crippen LogP contribution in [-0.4, -0.2) is 35.8 Å². The SMILES string of the molecule is Cc1cccc(NC(=O)C2CCCC(N)C2)c1C(=O)N1CCCC1. The molecule has 24 heavy (non-hydrogen) atoms. The van der Waals surface area contributed by atoms with Crippen LogP contribution in [0, 0.1) is 12.8 Å². The Hall–Kier alpha value is -1.88. The highest BCUT2D eigenvalue weighted by atomic mass is 16.2. The lowest BCUT2D eigenvalue weighted by Crippen LogP contribution is -2.35. The number of carbonyl (C=O) groups is 2. The number of nitrogens with two attached hydrogens (primary N) is 1. The fourth-order valence-electron chi connectivity index (χ4n) is 3.83. The number of likely N-dealkylation sites (tertiary alicyclic amines) is 1.